The van der Waals surface area contributed by atoms with Gasteiger partial charge in [0, 0.05) is 43.7 Å². The molecule has 2 aromatic rings. The third-order valence-corrected chi connectivity index (χ3v) is 8.93. The van der Waals surface area contributed by atoms with E-state index in [4.69, 9.17) is 0 Å². The molecule has 0 bridgehead atoms. The van der Waals surface area contributed by atoms with Crippen LogP contribution in [0.1, 0.15) is 46.3 Å². The molecule has 0 saturated carbocycles. The van der Waals surface area contributed by atoms with E-state index >= 15 is 0 Å². The number of carbonyl (C=O) groups is 1. The van der Waals surface area contributed by atoms with Gasteiger partial charge in [-0.2, -0.15) is 4.31 Å². The Morgan fingerprint density at radius 3 is 2.65 bits per heavy atom. The number of rotatable bonds is 4. The van der Waals surface area contributed by atoms with Crippen LogP contribution in [0.4, 0.5) is 0 Å². The lowest BCUT2D eigenvalue weighted by atomic mass is 9.98. The van der Waals surface area contributed by atoms with E-state index in [0.717, 1.165) is 30.7 Å². The highest BCUT2D eigenvalue weighted by Crippen LogP contribution is 2.32. The number of thiophene rings is 1. The highest BCUT2D eigenvalue weighted by molar-refractivity contribution is 7.89. The van der Waals surface area contributed by atoms with E-state index in [1.54, 1.807) is 33.9 Å². The Morgan fingerprint density at radius 1 is 1.12 bits per heavy atom. The molecular formula is C17H21N3O3S3. The van der Waals surface area contributed by atoms with Crippen LogP contribution in [0.5, 0.6) is 0 Å². The molecule has 0 radical (unpaired) electrons. The summed E-state index contributed by atoms with van der Waals surface area (Å²) in [5, 5.41) is 4.72. The van der Waals surface area contributed by atoms with Crippen molar-refractivity contribution in [3.05, 3.63) is 32.9 Å². The number of likely N-dealkylation sites (tertiary alicyclic amines) is 1. The standard InChI is InChI=1S/C17H21N3O3S3/c21-17(19-7-3-4-13(12-19)16-18-6-11-25-16)15-14(5-10-24-15)26(22,23)20-8-1-2-9-20/h5-6,10-11,13H,1-4,7-9,12H2. The van der Waals surface area contributed by atoms with Crippen molar-refractivity contribution >= 4 is 38.6 Å². The predicted octanol–water partition coefficient (Wildman–Crippen LogP) is 3.01. The molecule has 6 nitrogen and oxygen atoms in total. The second kappa shape index (κ2) is 7.38. The van der Waals surface area contributed by atoms with Gasteiger partial charge in [-0.3, -0.25) is 4.79 Å². The van der Waals surface area contributed by atoms with Crippen LogP contribution < -0.4 is 0 Å². The Kier molecular flexibility index (Phi) is 5.13. The number of aromatic nitrogens is 1. The van der Waals surface area contributed by atoms with Crippen molar-refractivity contribution in [3.63, 3.8) is 0 Å². The summed E-state index contributed by atoms with van der Waals surface area (Å²) in [7, 11) is -3.58. The molecule has 140 valence electrons. The quantitative estimate of drug-likeness (QED) is 0.775. The first-order chi connectivity index (χ1) is 12.6. The maximum absolute atomic E-state index is 13.1. The fraction of sp³-hybridized carbons (Fsp3) is 0.529. The number of carbonyl (C=O) groups excluding carboxylic acids is 1. The maximum Gasteiger partial charge on any atom is 0.265 e. The summed E-state index contributed by atoms with van der Waals surface area (Å²) in [6.07, 6.45) is 5.49. The molecule has 2 saturated heterocycles. The Labute approximate surface area is 161 Å². The number of hydrogen-bond acceptors (Lipinski definition) is 6. The largest absolute Gasteiger partial charge is 0.337 e. The average molecular weight is 412 g/mol. The molecule has 4 heterocycles. The predicted molar refractivity (Wildman–Crippen MR) is 102 cm³/mol. The third kappa shape index (κ3) is 3.33. The van der Waals surface area contributed by atoms with Crippen molar-refractivity contribution in [3.8, 4) is 0 Å². The van der Waals surface area contributed by atoms with Crippen LogP contribution in [0.15, 0.2) is 27.9 Å². The zero-order valence-corrected chi connectivity index (χ0v) is 16.8. The van der Waals surface area contributed by atoms with Gasteiger partial charge < -0.3 is 4.90 Å². The molecule has 1 atom stereocenters. The fourth-order valence-electron chi connectivity index (χ4n) is 3.67. The molecule has 0 N–H and O–H groups in total. The first kappa shape index (κ1) is 18.1. The second-order valence-electron chi connectivity index (χ2n) is 6.69. The summed E-state index contributed by atoms with van der Waals surface area (Å²) in [4.78, 5) is 19.8. The number of nitrogens with zero attached hydrogens (tertiary/aromatic N) is 3. The van der Waals surface area contributed by atoms with Crippen LogP contribution in [0, 0.1) is 0 Å². The number of sulfonamides is 1. The van der Waals surface area contributed by atoms with Crippen LogP contribution in [-0.4, -0.2) is 54.7 Å². The Bertz CT molecular complexity index is 870. The number of amides is 1. The van der Waals surface area contributed by atoms with Gasteiger partial charge in [-0.05, 0) is 37.1 Å². The van der Waals surface area contributed by atoms with Gasteiger partial charge in [0.2, 0.25) is 10.0 Å². The Balaban J connectivity index is 1.56. The van der Waals surface area contributed by atoms with Crippen LogP contribution in [-0.2, 0) is 10.0 Å². The number of thiazole rings is 1. The monoisotopic (exact) mass is 411 g/mol. The highest BCUT2D eigenvalue weighted by Gasteiger charge is 2.34. The summed E-state index contributed by atoms with van der Waals surface area (Å²) >= 11 is 2.84. The highest BCUT2D eigenvalue weighted by atomic mass is 32.2. The SMILES string of the molecule is O=C(c1sccc1S(=O)(=O)N1CCCC1)N1CCCC(c2nccs2)C1. The van der Waals surface area contributed by atoms with Gasteiger partial charge in [0.1, 0.15) is 9.77 Å². The van der Waals surface area contributed by atoms with Crippen molar-refractivity contribution in [2.45, 2.75) is 36.5 Å². The van der Waals surface area contributed by atoms with Crippen LogP contribution >= 0.6 is 22.7 Å². The van der Waals surface area contributed by atoms with Crippen molar-refractivity contribution in [2.24, 2.45) is 0 Å². The van der Waals surface area contributed by atoms with Gasteiger partial charge in [-0.15, -0.1) is 22.7 Å². The first-order valence-corrected chi connectivity index (χ1v) is 12.0. The lowest BCUT2D eigenvalue weighted by Gasteiger charge is -2.31. The molecule has 0 aromatic carbocycles. The minimum Gasteiger partial charge on any atom is -0.337 e. The minimum absolute atomic E-state index is 0.168. The van der Waals surface area contributed by atoms with Gasteiger partial charge in [0.25, 0.3) is 5.91 Å². The molecule has 2 aliphatic heterocycles. The summed E-state index contributed by atoms with van der Waals surface area (Å²) in [5.74, 6) is 0.0744. The molecule has 2 fully saturated rings. The van der Waals surface area contributed by atoms with E-state index in [2.05, 4.69) is 4.98 Å². The van der Waals surface area contributed by atoms with E-state index in [9.17, 15) is 13.2 Å². The zero-order valence-electron chi connectivity index (χ0n) is 14.3. The zero-order chi connectivity index (χ0) is 18.1. The van der Waals surface area contributed by atoms with Crippen molar-refractivity contribution in [1.82, 2.24) is 14.2 Å². The molecule has 1 unspecified atom stereocenters. The minimum atomic E-state index is -3.58. The normalized spacial score (nSPS) is 22.0. The maximum atomic E-state index is 13.1. The van der Waals surface area contributed by atoms with Crippen molar-refractivity contribution in [1.29, 1.82) is 0 Å². The molecule has 26 heavy (non-hydrogen) atoms. The van der Waals surface area contributed by atoms with Gasteiger partial charge >= 0.3 is 0 Å². The summed E-state index contributed by atoms with van der Waals surface area (Å²) in [6, 6.07) is 1.58. The van der Waals surface area contributed by atoms with Crippen LogP contribution in [0.2, 0.25) is 0 Å². The van der Waals surface area contributed by atoms with Crippen LogP contribution in [0.25, 0.3) is 0 Å². The number of piperidine rings is 1. The lowest BCUT2D eigenvalue weighted by molar-refractivity contribution is 0.0708. The van der Waals surface area contributed by atoms with E-state index in [0.29, 0.717) is 31.1 Å². The molecule has 1 amide bonds. The molecule has 0 spiro atoms. The first-order valence-electron chi connectivity index (χ1n) is 8.83. The lowest BCUT2D eigenvalue weighted by Crippen LogP contribution is -2.39. The van der Waals surface area contributed by atoms with Gasteiger partial charge in [0.15, 0.2) is 0 Å². The molecule has 9 heteroatoms. The molecule has 0 aliphatic carbocycles. The molecule has 4 rings (SSSR count). The topological polar surface area (TPSA) is 70.6 Å². The second-order valence-corrected chi connectivity index (χ2v) is 10.4. The van der Waals surface area contributed by atoms with Gasteiger partial charge in [0.05, 0.1) is 5.01 Å². The molecule has 2 aliphatic rings. The smallest absolute Gasteiger partial charge is 0.265 e. The van der Waals surface area contributed by atoms with Gasteiger partial charge in [-0.25, -0.2) is 13.4 Å². The molecule has 2 aromatic heterocycles. The average Bonchev–Trinajstić information content (AvgIpc) is 3.43. The number of hydrogen-bond donors (Lipinski definition) is 0. The molecular weight excluding hydrogens is 390 g/mol. The third-order valence-electron chi connectivity index (χ3n) is 5.02. The van der Waals surface area contributed by atoms with Crippen molar-refractivity contribution in [2.75, 3.05) is 26.2 Å². The van der Waals surface area contributed by atoms with Gasteiger partial charge in [-0.1, -0.05) is 0 Å². The summed E-state index contributed by atoms with van der Waals surface area (Å²) < 4.78 is 27.3. The van der Waals surface area contributed by atoms with E-state index in [1.807, 2.05) is 5.38 Å². The van der Waals surface area contributed by atoms with E-state index < -0.39 is 10.0 Å². The van der Waals surface area contributed by atoms with E-state index in [1.165, 1.54) is 15.6 Å². The Morgan fingerprint density at radius 2 is 1.92 bits per heavy atom. The van der Waals surface area contributed by atoms with Crippen LogP contribution in [0.3, 0.4) is 0 Å². The summed E-state index contributed by atoms with van der Waals surface area (Å²) in [6.45, 7) is 2.36. The van der Waals surface area contributed by atoms with Crippen molar-refractivity contribution < 1.29 is 13.2 Å². The Hall–Kier alpha value is -1.29. The van der Waals surface area contributed by atoms with E-state index in [-0.39, 0.29) is 16.7 Å². The fourth-order valence-corrected chi connectivity index (χ4v) is 7.31. The summed E-state index contributed by atoms with van der Waals surface area (Å²) in [5.41, 5.74) is 0.